The number of carbonyl (C=O) groups excluding carboxylic acids is 1. The first-order valence-electron chi connectivity index (χ1n) is 7.65. The van der Waals surface area contributed by atoms with Gasteiger partial charge in [-0.05, 0) is 47.0 Å². The molecule has 0 spiro atoms. The molecule has 1 aromatic heterocycles. The molecule has 1 aromatic carbocycles. The van der Waals surface area contributed by atoms with Crippen LogP contribution in [0.1, 0.15) is 42.9 Å². The van der Waals surface area contributed by atoms with Gasteiger partial charge in [-0.15, -0.1) is 11.3 Å². The predicted octanol–water partition coefficient (Wildman–Crippen LogP) is 4.21. The molecule has 1 atom stereocenters. The number of aryl methyl sites for hydroxylation is 1. The van der Waals surface area contributed by atoms with Crippen molar-refractivity contribution in [3.8, 4) is 0 Å². The standard InChI is InChI=1S/C18H24N2O2S/c1-12-9-10-23-16(12)15(21)11-19-17(22)20-14-7-5-13(6-8-14)18(2,3)4/h5-10,15,21H,11H2,1-4H3,(H2,19,20,22). The van der Waals surface area contributed by atoms with Gasteiger partial charge in [0.2, 0.25) is 0 Å². The Kier molecular flexibility index (Phi) is 5.44. The molecule has 0 aliphatic carbocycles. The van der Waals surface area contributed by atoms with E-state index in [0.29, 0.717) is 0 Å². The number of nitrogens with one attached hydrogen (secondary N) is 2. The number of aliphatic hydroxyl groups is 1. The van der Waals surface area contributed by atoms with E-state index in [4.69, 9.17) is 0 Å². The van der Waals surface area contributed by atoms with Crippen LogP contribution in [0.4, 0.5) is 10.5 Å². The van der Waals surface area contributed by atoms with Gasteiger partial charge in [0.1, 0.15) is 6.10 Å². The molecule has 0 aliphatic heterocycles. The van der Waals surface area contributed by atoms with Gasteiger partial charge in [-0.3, -0.25) is 0 Å². The molecule has 0 aliphatic rings. The molecule has 3 N–H and O–H groups in total. The number of amides is 2. The number of anilines is 1. The molecule has 2 aromatic rings. The minimum Gasteiger partial charge on any atom is -0.386 e. The lowest BCUT2D eigenvalue weighted by molar-refractivity contribution is 0.178. The highest BCUT2D eigenvalue weighted by molar-refractivity contribution is 7.10. The summed E-state index contributed by atoms with van der Waals surface area (Å²) in [6, 6.07) is 9.45. The lowest BCUT2D eigenvalue weighted by Gasteiger charge is -2.19. The number of carbonyl (C=O) groups is 1. The number of urea groups is 1. The number of thiophene rings is 1. The first-order chi connectivity index (χ1) is 10.8. The fourth-order valence-corrected chi connectivity index (χ4v) is 3.15. The number of benzene rings is 1. The van der Waals surface area contributed by atoms with Crippen molar-refractivity contribution in [1.82, 2.24) is 5.32 Å². The Labute approximate surface area is 141 Å². The molecule has 124 valence electrons. The van der Waals surface area contributed by atoms with Crippen LogP contribution < -0.4 is 10.6 Å². The maximum atomic E-state index is 11.9. The Morgan fingerprint density at radius 3 is 2.39 bits per heavy atom. The third-order valence-corrected chi connectivity index (χ3v) is 4.79. The zero-order valence-corrected chi connectivity index (χ0v) is 14.8. The monoisotopic (exact) mass is 332 g/mol. The van der Waals surface area contributed by atoms with Gasteiger partial charge in [-0.2, -0.15) is 0 Å². The van der Waals surface area contributed by atoms with E-state index in [-0.39, 0.29) is 18.0 Å². The van der Waals surface area contributed by atoms with Gasteiger partial charge in [-0.25, -0.2) is 4.79 Å². The van der Waals surface area contributed by atoms with Crippen molar-refractivity contribution in [2.24, 2.45) is 0 Å². The molecule has 0 fully saturated rings. The van der Waals surface area contributed by atoms with E-state index < -0.39 is 6.10 Å². The molecule has 2 rings (SSSR count). The van der Waals surface area contributed by atoms with Gasteiger partial charge >= 0.3 is 6.03 Å². The van der Waals surface area contributed by atoms with Gasteiger partial charge in [0.15, 0.2) is 0 Å². The summed E-state index contributed by atoms with van der Waals surface area (Å²) < 4.78 is 0. The minimum atomic E-state index is -0.677. The summed E-state index contributed by atoms with van der Waals surface area (Å²) in [7, 11) is 0. The van der Waals surface area contributed by atoms with Crippen LogP contribution in [0.2, 0.25) is 0 Å². The van der Waals surface area contributed by atoms with Gasteiger partial charge in [-0.1, -0.05) is 32.9 Å². The minimum absolute atomic E-state index is 0.0868. The van der Waals surface area contributed by atoms with Crippen molar-refractivity contribution in [2.45, 2.75) is 39.2 Å². The number of hydrogen-bond acceptors (Lipinski definition) is 3. The predicted molar refractivity (Wildman–Crippen MR) is 96.2 cm³/mol. The second-order valence-electron chi connectivity index (χ2n) is 6.65. The summed E-state index contributed by atoms with van der Waals surface area (Å²) in [6.07, 6.45) is -0.677. The molecule has 0 bridgehead atoms. The SMILES string of the molecule is Cc1ccsc1C(O)CNC(=O)Nc1ccc(C(C)(C)C)cc1. The van der Waals surface area contributed by atoms with Crippen molar-refractivity contribution >= 4 is 23.1 Å². The number of rotatable bonds is 4. The van der Waals surface area contributed by atoms with Crippen LogP contribution >= 0.6 is 11.3 Å². The van der Waals surface area contributed by atoms with Crippen molar-refractivity contribution < 1.29 is 9.90 Å². The molecule has 0 radical (unpaired) electrons. The molecular formula is C18H24N2O2S. The van der Waals surface area contributed by atoms with Crippen molar-refractivity contribution in [2.75, 3.05) is 11.9 Å². The lowest BCUT2D eigenvalue weighted by Crippen LogP contribution is -2.32. The smallest absolute Gasteiger partial charge is 0.319 e. The van der Waals surface area contributed by atoms with Crippen LogP contribution in [-0.4, -0.2) is 17.7 Å². The molecule has 4 nitrogen and oxygen atoms in total. The zero-order valence-electron chi connectivity index (χ0n) is 14.0. The van der Waals surface area contributed by atoms with E-state index in [1.54, 1.807) is 0 Å². The Balaban J connectivity index is 1.86. The average Bonchev–Trinajstić information content (AvgIpc) is 2.90. The molecule has 23 heavy (non-hydrogen) atoms. The highest BCUT2D eigenvalue weighted by Gasteiger charge is 2.14. The van der Waals surface area contributed by atoms with E-state index in [1.165, 1.54) is 16.9 Å². The molecule has 0 saturated heterocycles. The molecule has 0 saturated carbocycles. The largest absolute Gasteiger partial charge is 0.386 e. The van der Waals surface area contributed by atoms with Crippen molar-refractivity contribution in [1.29, 1.82) is 0 Å². The van der Waals surface area contributed by atoms with E-state index in [0.717, 1.165) is 16.1 Å². The summed E-state index contributed by atoms with van der Waals surface area (Å²) in [5.74, 6) is 0. The first-order valence-corrected chi connectivity index (χ1v) is 8.53. The van der Waals surface area contributed by atoms with Crippen molar-refractivity contribution in [3.05, 3.63) is 51.7 Å². The summed E-state index contributed by atoms with van der Waals surface area (Å²) >= 11 is 1.50. The maximum absolute atomic E-state index is 11.9. The van der Waals surface area contributed by atoms with Crippen LogP contribution in [-0.2, 0) is 5.41 Å². The summed E-state index contributed by atoms with van der Waals surface area (Å²) in [4.78, 5) is 12.8. The van der Waals surface area contributed by atoms with Crippen LogP contribution in [0, 0.1) is 6.92 Å². The van der Waals surface area contributed by atoms with E-state index in [9.17, 15) is 9.90 Å². The third-order valence-electron chi connectivity index (χ3n) is 3.67. The fourth-order valence-electron chi connectivity index (χ4n) is 2.24. The number of hydrogen-bond donors (Lipinski definition) is 3. The normalized spacial score (nSPS) is 12.7. The maximum Gasteiger partial charge on any atom is 0.319 e. The number of aliphatic hydroxyl groups excluding tert-OH is 1. The van der Waals surface area contributed by atoms with Crippen LogP contribution in [0.25, 0.3) is 0 Å². The Morgan fingerprint density at radius 1 is 1.22 bits per heavy atom. The lowest BCUT2D eigenvalue weighted by atomic mass is 9.87. The van der Waals surface area contributed by atoms with Crippen LogP contribution in [0.5, 0.6) is 0 Å². The Morgan fingerprint density at radius 2 is 1.87 bits per heavy atom. The fraction of sp³-hybridized carbons (Fsp3) is 0.389. The third kappa shape index (κ3) is 4.81. The first kappa shape index (κ1) is 17.5. The zero-order chi connectivity index (χ0) is 17.0. The second-order valence-corrected chi connectivity index (χ2v) is 7.59. The topological polar surface area (TPSA) is 61.4 Å². The highest BCUT2D eigenvalue weighted by atomic mass is 32.1. The molecule has 2 amide bonds. The van der Waals surface area contributed by atoms with E-state index in [2.05, 4.69) is 31.4 Å². The van der Waals surface area contributed by atoms with Crippen LogP contribution in [0.15, 0.2) is 35.7 Å². The average molecular weight is 332 g/mol. The van der Waals surface area contributed by atoms with Crippen LogP contribution in [0.3, 0.4) is 0 Å². The van der Waals surface area contributed by atoms with Gasteiger partial charge < -0.3 is 15.7 Å². The molecule has 5 heteroatoms. The quantitative estimate of drug-likeness (QED) is 0.785. The Bertz CT molecular complexity index is 656. The second kappa shape index (κ2) is 7.15. The van der Waals surface area contributed by atoms with E-state index >= 15 is 0 Å². The highest BCUT2D eigenvalue weighted by Crippen LogP contribution is 2.24. The Hall–Kier alpha value is -1.85. The van der Waals surface area contributed by atoms with Gasteiger partial charge in [0.05, 0.1) is 6.54 Å². The summed E-state index contributed by atoms with van der Waals surface area (Å²) in [5, 5.41) is 17.5. The van der Waals surface area contributed by atoms with Gasteiger partial charge in [0.25, 0.3) is 0 Å². The molecule has 1 unspecified atom stereocenters. The summed E-state index contributed by atoms with van der Waals surface area (Å²) in [5.41, 5.74) is 3.08. The van der Waals surface area contributed by atoms with E-state index in [1.807, 2.05) is 42.6 Å². The molecular weight excluding hydrogens is 308 g/mol. The van der Waals surface area contributed by atoms with Gasteiger partial charge in [0, 0.05) is 10.6 Å². The summed E-state index contributed by atoms with van der Waals surface area (Å²) in [6.45, 7) is 8.58. The molecule has 1 heterocycles. The van der Waals surface area contributed by atoms with Crippen molar-refractivity contribution in [3.63, 3.8) is 0 Å².